The van der Waals surface area contributed by atoms with Crippen LogP contribution < -0.4 is 10.6 Å². The van der Waals surface area contributed by atoms with Crippen molar-refractivity contribution in [2.75, 3.05) is 18.9 Å². The van der Waals surface area contributed by atoms with Gasteiger partial charge in [0.2, 0.25) is 11.0 Å². The van der Waals surface area contributed by atoms with Gasteiger partial charge in [0.05, 0.1) is 0 Å². The molecule has 21 heavy (non-hydrogen) atoms. The van der Waals surface area contributed by atoms with Gasteiger partial charge in [-0.2, -0.15) is 0 Å². The molecular formula is C15H20N4OS. The van der Waals surface area contributed by atoms with E-state index in [4.69, 9.17) is 0 Å². The van der Waals surface area contributed by atoms with Crippen LogP contribution >= 0.6 is 11.3 Å². The fourth-order valence-electron chi connectivity index (χ4n) is 2.10. The number of hydrogen-bond acceptors (Lipinski definition) is 5. The minimum absolute atomic E-state index is 0.0200. The van der Waals surface area contributed by atoms with Crippen molar-refractivity contribution in [2.45, 2.75) is 26.7 Å². The number of carbonyl (C=O) groups excluding carboxylic acids is 1. The van der Waals surface area contributed by atoms with Crippen molar-refractivity contribution in [1.82, 2.24) is 15.5 Å². The zero-order valence-electron chi connectivity index (χ0n) is 12.6. The number of rotatable bonds is 6. The molecule has 0 aliphatic carbocycles. The maximum atomic E-state index is 11.7. The van der Waals surface area contributed by atoms with Crippen LogP contribution in [0.2, 0.25) is 0 Å². The molecule has 5 nitrogen and oxygen atoms in total. The molecule has 0 saturated carbocycles. The highest BCUT2D eigenvalue weighted by molar-refractivity contribution is 7.18. The summed E-state index contributed by atoms with van der Waals surface area (Å²) in [6.45, 7) is 4.95. The molecule has 6 heteroatoms. The number of hydrogen-bond donors (Lipinski definition) is 2. The lowest BCUT2D eigenvalue weighted by Crippen LogP contribution is -2.15. The standard InChI is InChI=1S/C15H20N4OS/c1-10-7-11(2)9-12(8-10)14-18-19-15(21-14)17-13(20)5-4-6-16-3/h7-9,16H,4-6H2,1-3H3,(H,17,19,20). The quantitative estimate of drug-likeness (QED) is 0.805. The number of aryl methyl sites for hydroxylation is 2. The van der Waals surface area contributed by atoms with Crippen molar-refractivity contribution in [3.05, 3.63) is 29.3 Å². The normalized spacial score (nSPS) is 10.6. The molecule has 2 N–H and O–H groups in total. The van der Waals surface area contributed by atoms with E-state index in [1.54, 1.807) is 0 Å². The first kappa shape index (κ1) is 15.6. The molecule has 0 aliphatic rings. The van der Waals surface area contributed by atoms with Gasteiger partial charge < -0.3 is 10.6 Å². The van der Waals surface area contributed by atoms with Crippen LogP contribution in [0.4, 0.5) is 5.13 Å². The summed E-state index contributed by atoms with van der Waals surface area (Å²) in [5.41, 5.74) is 3.43. The highest BCUT2D eigenvalue weighted by atomic mass is 32.1. The zero-order chi connectivity index (χ0) is 15.2. The van der Waals surface area contributed by atoms with Crippen LogP contribution in [0, 0.1) is 13.8 Å². The second-order valence-electron chi connectivity index (χ2n) is 5.04. The Kier molecular flexibility index (Phi) is 5.41. The van der Waals surface area contributed by atoms with Gasteiger partial charge in [-0.15, -0.1) is 10.2 Å². The van der Waals surface area contributed by atoms with E-state index in [1.165, 1.54) is 22.5 Å². The minimum atomic E-state index is -0.0200. The van der Waals surface area contributed by atoms with Gasteiger partial charge in [-0.05, 0) is 46.0 Å². The molecule has 1 amide bonds. The number of aromatic nitrogens is 2. The van der Waals surface area contributed by atoms with Crippen LogP contribution in [0.1, 0.15) is 24.0 Å². The number of amides is 1. The number of nitrogens with one attached hydrogen (secondary N) is 2. The Hall–Kier alpha value is -1.79. The van der Waals surface area contributed by atoms with Gasteiger partial charge in [0.25, 0.3) is 0 Å². The maximum absolute atomic E-state index is 11.7. The molecule has 1 aromatic heterocycles. The van der Waals surface area contributed by atoms with Gasteiger partial charge in [-0.3, -0.25) is 4.79 Å². The molecule has 0 atom stereocenters. The lowest BCUT2D eigenvalue weighted by Gasteiger charge is -2.01. The van der Waals surface area contributed by atoms with E-state index >= 15 is 0 Å². The largest absolute Gasteiger partial charge is 0.320 e. The van der Waals surface area contributed by atoms with E-state index in [9.17, 15) is 4.79 Å². The topological polar surface area (TPSA) is 66.9 Å². The molecule has 0 saturated heterocycles. The van der Waals surface area contributed by atoms with Gasteiger partial charge >= 0.3 is 0 Å². The molecule has 0 unspecified atom stereocenters. The minimum Gasteiger partial charge on any atom is -0.320 e. The van der Waals surface area contributed by atoms with E-state index in [-0.39, 0.29) is 5.91 Å². The Morgan fingerprint density at radius 1 is 1.19 bits per heavy atom. The van der Waals surface area contributed by atoms with Crippen molar-refractivity contribution in [1.29, 1.82) is 0 Å². The highest BCUT2D eigenvalue weighted by Gasteiger charge is 2.10. The van der Waals surface area contributed by atoms with Crippen molar-refractivity contribution >= 4 is 22.4 Å². The molecule has 112 valence electrons. The summed E-state index contributed by atoms with van der Waals surface area (Å²) in [7, 11) is 1.87. The van der Waals surface area contributed by atoms with Crippen LogP contribution in [0.5, 0.6) is 0 Å². The van der Waals surface area contributed by atoms with E-state index in [0.717, 1.165) is 23.5 Å². The van der Waals surface area contributed by atoms with Crippen molar-refractivity contribution in [3.8, 4) is 10.6 Å². The van der Waals surface area contributed by atoms with Crippen LogP contribution in [0.3, 0.4) is 0 Å². The van der Waals surface area contributed by atoms with Gasteiger partial charge in [0, 0.05) is 12.0 Å². The molecule has 0 spiro atoms. The van der Waals surface area contributed by atoms with E-state index < -0.39 is 0 Å². The smallest absolute Gasteiger partial charge is 0.226 e. The second kappa shape index (κ2) is 7.28. The monoisotopic (exact) mass is 304 g/mol. The van der Waals surface area contributed by atoms with Gasteiger partial charge in [-0.25, -0.2) is 0 Å². The number of carbonyl (C=O) groups is 1. The Morgan fingerprint density at radius 3 is 2.57 bits per heavy atom. The summed E-state index contributed by atoms with van der Waals surface area (Å²) in [5, 5.41) is 15.4. The Labute approximate surface area is 128 Å². The van der Waals surface area contributed by atoms with Crippen molar-refractivity contribution < 1.29 is 4.79 Å². The summed E-state index contributed by atoms with van der Waals surface area (Å²) < 4.78 is 0. The van der Waals surface area contributed by atoms with Crippen molar-refractivity contribution in [2.24, 2.45) is 0 Å². The predicted octanol–water partition coefficient (Wildman–Crippen LogP) is 2.76. The fraction of sp³-hybridized carbons (Fsp3) is 0.400. The summed E-state index contributed by atoms with van der Waals surface area (Å²) in [4.78, 5) is 11.7. The highest BCUT2D eigenvalue weighted by Crippen LogP contribution is 2.27. The molecule has 2 rings (SSSR count). The van der Waals surface area contributed by atoms with Crippen LogP contribution in [0.25, 0.3) is 10.6 Å². The molecule has 2 aromatic rings. The number of benzene rings is 1. The molecule has 0 bridgehead atoms. The van der Waals surface area contributed by atoms with E-state index in [0.29, 0.717) is 11.6 Å². The second-order valence-corrected chi connectivity index (χ2v) is 6.02. The van der Waals surface area contributed by atoms with Gasteiger partial charge in [-0.1, -0.05) is 28.5 Å². The Bertz CT molecular complexity index is 604. The molecule has 0 fully saturated rings. The third kappa shape index (κ3) is 4.61. The van der Waals surface area contributed by atoms with Crippen LogP contribution in [-0.2, 0) is 4.79 Å². The predicted molar refractivity (Wildman–Crippen MR) is 86.6 cm³/mol. The van der Waals surface area contributed by atoms with Crippen LogP contribution in [0.15, 0.2) is 18.2 Å². The number of anilines is 1. The average molecular weight is 304 g/mol. The SMILES string of the molecule is CNCCCC(=O)Nc1nnc(-c2cc(C)cc(C)c2)s1. The summed E-state index contributed by atoms with van der Waals surface area (Å²) in [6.07, 6.45) is 1.30. The summed E-state index contributed by atoms with van der Waals surface area (Å²) in [5.74, 6) is -0.0200. The summed E-state index contributed by atoms with van der Waals surface area (Å²) >= 11 is 1.40. The molecular weight excluding hydrogens is 284 g/mol. The zero-order valence-corrected chi connectivity index (χ0v) is 13.4. The lowest BCUT2D eigenvalue weighted by atomic mass is 10.1. The third-order valence-corrected chi connectivity index (χ3v) is 3.86. The van der Waals surface area contributed by atoms with Gasteiger partial charge in [0.15, 0.2) is 0 Å². The maximum Gasteiger partial charge on any atom is 0.226 e. The van der Waals surface area contributed by atoms with E-state index in [1.807, 2.05) is 7.05 Å². The van der Waals surface area contributed by atoms with Gasteiger partial charge in [0.1, 0.15) is 5.01 Å². The first-order chi connectivity index (χ1) is 10.1. The Balaban J connectivity index is 2.02. The summed E-state index contributed by atoms with van der Waals surface area (Å²) in [6, 6.07) is 6.27. The molecule has 1 aromatic carbocycles. The third-order valence-electron chi connectivity index (χ3n) is 2.97. The van der Waals surface area contributed by atoms with Crippen LogP contribution in [-0.4, -0.2) is 29.7 Å². The Morgan fingerprint density at radius 2 is 1.90 bits per heavy atom. The number of nitrogens with zero attached hydrogens (tertiary/aromatic N) is 2. The van der Waals surface area contributed by atoms with Crippen molar-refractivity contribution in [3.63, 3.8) is 0 Å². The molecule has 1 heterocycles. The average Bonchev–Trinajstić information content (AvgIpc) is 2.86. The first-order valence-electron chi connectivity index (χ1n) is 6.95. The lowest BCUT2D eigenvalue weighted by molar-refractivity contribution is -0.116. The fourth-order valence-corrected chi connectivity index (χ4v) is 2.84. The molecule has 0 aliphatic heterocycles. The first-order valence-corrected chi connectivity index (χ1v) is 7.77. The molecule has 0 radical (unpaired) electrons. The van der Waals surface area contributed by atoms with E-state index in [2.05, 4.69) is 52.9 Å².